The van der Waals surface area contributed by atoms with E-state index in [2.05, 4.69) is 13.2 Å². The highest BCUT2D eigenvalue weighted by Gasteiger charge is 2.03. The van der Waals surface area contributed by atoms with Crippen LogP contribution in [0.2, 0.25) is 0 Å². The van der Waals surface area contributed by atoms with Crippen LogP contribution >= 0.6 is 0 Å². The van der Waals surface area contributed by atoms with Gasteiger partial charge >= 0.3 is 0 Å². The van der Waals surface area contributed by atoms with Crippen molar-refractivity contribution in [1.29, 1.82) is 0 Å². The van der Waals surface area contributed by atoms with Crippen LogP contribution in [0.25, 0.3) is 0 Å². The Morgan fingerprint density at radius 2 is 0.864 bits per heavy atom. The van der Waals surface area contributed by atoms with E-state index in [1.807, 2.05) is 12.2 Å². The fourth-order valence-electron chi connectivity index (χ4n) is 2.90. The molecule has 0 bridgehead atoms. The van der Waals surface area contributed by atoms with E-state index in [9.17, 15) is 5.11 Å². The molecule has 0 radical (unpaired) electrons. The molecule has 1 heteroatoms. The second-order valence-corrected chi connectivity index (χ2v) is 6.63. The summed E-state index contributed by atoms with van der Waals surface area (Å²) in [5.41, 5.74) is 0. The van der Waals surface area contributed by atoms with Gasteiger partial charge in [-0.05, 0) is 38.5 Å². The van der Waals surface area contributed by atoms with Gasteiger partial charge in [0.1, 0.15) is 0 Å². The molecule has 130 valence electrons. The van der Waals surface area contributed by atoms with Gasteiger partial charge in [0.05, 0.1) is 6.10 Å². The minimum atomic E-state index is -0.0541. The molecule has 0 fully saturated rings. The minimum Gasteiger partial charge on any atom is -0.393 e. The summed E-state index contributed by atoms with van der Waals surface area (Å²) in [6.07, 6.45) is 23.9. The molecule has 0 aromatic rings. The van der Waals surface area contributed by atoms with Gasteiger partial charge in [0.25, 0.3) is 0 Å². The third kappa shape index (κ3) is 17.5. The molecule has 0 atom stereocenters. The first-order valence-corrected chi connectivity index (χ1v) is 9.71. The van der Waals surface area contributed by atoms with Crippen molar-refractivity contribution in [2.45, 2.75) is 109 Å². The average Bonchev–Trinajstić information content (AvgIpc) is 2.52. The van der Waals surface area contributed by atoms with Gasteiger partial charge in [-0.15, -0.1) is 13.2 Å². The van der Waals surface area contributed by atoms with Crippen molar-refractivity contribution >= 4 is 0 Å². The lowest BCUT2D eigenvalue weighted by atomic mass is 10.0. The maximum Gasteiger partial charge on any atom is 0.0540 e. The second kappa shape index (κ2) is 18.5. The summed E-state index contributed by atoms with van der Waals surface area (Å²) in [4.78, 5) is 0. The van der Waals surface area contributed by atoms with Gasteiger partial charge in [-0.2, -0.15) is 0 Å². The molecule has 0 aliphatic carbocycles. The lowest BCUT2D eigenvalue weighted by Crippen LogP contribution is -2.05. The average molecular weight is 309 g/mol. The number of allylic oxidation sites excluding steroid dienone is 2. The molecule has 22 heavy (non-hydrogen) atoms. The number of unbranched alkanes of at least 4 members (excludes halogenated alkanes) is 12. The standard InChI is InChI=1S/C21H40O/c1-3-5-7-9-11-13-15-17-19-21(22)20-18-16-14-12-10-8-6-4-2/h3-4,21-22H,1-2,5-20H2. The maximum absolute atomic E-state index is 9.97. The fourth-order valence-corrected chi connectivity index (χ4v) is 2.90. The van der Waals surface area contributed by atoms with Crippen molar-refractivity contribution < 1.29 is 5.11 Å². The highest BCUT2D eigenvalue weighted by atomic mass is 16.3. The molecule has 0 amide bonds. The number of hydrogen-bond acceptors (Lipinski definition) is 1. The monoisotopic (exact) mass is 308 g/mol. The lowest BCUT2D eigenvalue weighted by molar-refractivity contribution is 0.147. The summed E-state index contributed by atoms with van der Waals surface area (Å²) in [5.74, 6) is 0. The SMILES string of the molecule is C=CCCCCCCCCC(O)CCCCCCCCC=C. The van der Waals surface area contributed by atoms with Crippen LogP contribution in [-0.4, -0.2) is 11.2 Å². The fraction of sp³-hybridized carbons (Fsp3) is 0.810. The highest BCUT2D eigenvalue weighted by molar-refractivity contribution is 4.66. The van der Waals surface area contributed by atoms with Crippen molar-refractivity contribution in [3.63, 3.8) is 0 Å². The van der Waals surface area contributed by atoms with Crippen LogP contribution in [0.1, 0.15) is 103 Å². The van der Waals surface area contributed by atoms with Crippen molar-refractivity contribution in [2.24, 2.45) is 0 Å². The molecule has 0 aliphatic rings. The topological polar surface area (TPSA) is 20.2 Å². The largest absolute Gasteiger partial charge is 0.393 e. The van der Waals surface area contributed by atoms with E-state index in [0.717, 1.165) is 25.7 Å². The zero-order chi connectivity index (χ0) is 16.3. The van der Waals surface area contributed by atoms with Gasteiger partial charge in [0.15, 0.2) is 0 Å². The van der Waals surface area contributed by atoms with Crippen LogP contribution in [0, 0.1) is 0 Å². The minimum absolute atomic E-state index is 0.0541. The molecule has 0 spiro atoms. The quantitative estimate of drug-likeness (QED) is 0.214. The summed E-state index contributed by atoms with van der Waals surface area (Å²) in [6, 6.07) is 0. The van der Waals surface area contributed by atoms with Gasteiger partial charge in [0.2, 0.25) is 0 Å². The Morgan fingerprint density at radius 1 is 0.545 bits per heavy atom. The Hall–Kier alpha value is -0.560. The predicted octanol–water partition coefficient (Wildman–Crippen LogP) is 6.96. The molecule has 0 unspecified atom stereocenters. The highest BCUT2D eigenvalue weighted by Crippen LogP contribution is 2.14. The number of aliphatic hydroxyl groups is 1. The maximum atomic E-state index is 9.97. The number of rotatable bonds is 18. The van der Waals surface area contributed by atoms with Crippen LogP contribution < -0.4 is 0 Å². The van der Waals surface area contributed by atoms with Gasteiger partial charge in [0, 0.05) is 0 Å². The van der Waals surface area contributed by atoms with E-state index in [4.69, 9.17) is 0 Å². The van der Waals surface area contributed by atoms with Crippen LogP contribution in [0.4, 0.5) is 0 Å². The van der Waals surface area contributed by atoms with Crippen molar-refractivity contribution in [1.82, 2.24) is 0 Å². The summed E-state index contributed by atoms with van der Waals surface area (Å²) >= 11 is 0. The van der Waals surface area contributed by atoms with Gasteiger partial charge < -0.3 is 5.11 Å². The molecule has 1 nitrogen and oxygen atoms in total. The van der Waals surface area contributed by atoms with Gasteiger partial charge in [-0.1, -0.05) is 76.4 Å². The molecule has 1 N–H and O–H groups in total. The van der Waals surface area contributed by atoms with E-state index < -0.39 is 0 Å². The number of hydrogen-bond donors (Lipinski definition) is 1. The Bertz CT molecular complexity index is 210. The van der Waals surface area contributed by atoms with E-state index in [1.165, 1.54) is 77.0 Å². The molecular formula is C21H40O. The molecule has 0 aromatic carbocycles. The van der Waals surface area contributed by atoms with Crippen LogP contribution in [0.15, 0.2) is 25.3 Å². The third-order valence-electron chi connectivity index (χ3n) is 4.39. The normalized spacial score (nSPS) is 11.0. The third-order valence-corrected chi connectivity index (χ3v) is 4.39. The first kappa shape index (κ1) is 21.4. The molecule has 0 rings (SSSR count). The van der Waals surface area contributed by atoms with Crippen molar-refractivity contribution in [3.05, 3.63) is 25.3 Å². The summed E-state index contributed by atoms with van der Waals surface area (Å²) in [7, 11) is 0. The van der Waals surface area contributed by atoms with Crippen molar-refractivity contribution in [3.8, 4) is 0 Å². The Morgan fingerprint density at radius 3 is 1.23 bits per heavy atom. The summed E-state index contributed by atoms with van der Waals surface area (Å²) in [5, 5.41) is 9.97. The number of aliphatic hydroxyl groups excluding tert-OH is 1. The van der Waals surface area contributed by atoms with Crippen LogP contribution in [0.5, 0.6) is 0 Å². The Labute approximate surface area is 139 Å². The summed E-state index contributed by atoms with van der Waals surface area (Å²) in [6.45, 7) is 7.50. The van der Waals surface area contributed by atoms with E-state index in [1.54, 1.807) is 0 Å². The zero-order valence-electron chi connectivity index (χ0n) is 14.9. The van der Waals surface area contributed by atoms with Crippen molar-refractivity contribution in [2.75, 3.05) is 0 Å². The van der Waals surface area contributed by atoms with E-state index in [-0.39, 0.29) is 6.10 Å². The Balaban J connectivity index is 3.14. The molecule has 0 saturated carbocycles. The van der Waals surface area contributed by atoms with Crippen LogP contribution in [0.3, 0.4) is 0 Å². The second-order valence-electron chi connectivity index (χ2n) is 6.63. The zero-order valence-corrected chi connectivity index (χ0v) is 14.9. The molecule has 0 aromatic heterocycles. The molecule has 0 heterocycles. The van der Waals surface area contributed by atoms with Gasteiger partial charge in [-0.3, -0.25) is 0 Å². The Kier molecular flexibility index (Phi) is 18.0. The van der Waals surface area contributed by atoms with Crippen LogP contribution in [-0.2, 0) is 0 Å². The molecule has 0 aliphatic heterocycles. The summed E-state index contributed by atoms with van der Waals surface area (Å²) < 4.78 is 0. The first-order valence-electron chi connectivity index (χ1n) is 9.71. The predicted molar refractivity (Wildman–Crippen MR) is 100 cm³/mol. The molecular weight excluding hydrogens is 268 g/mol. The lowest BCUT2D eigenvalue weighted by Gasteiger charge is -2.10. The first-order chi connectivity index (χ1) is 10.8. The van der Waals surface area contributed by atoms with E-state index in [0.29, 0.717) is 0 Å². The van der Waals surface area contributed by atoms with E-state index >= 15 is 0 Å². The molecule has 0 saturated heterocycles. The van der Waals surface area contributed by atoms with Gasteiger partial charge in [-0.25, -0.2) is 0 Å². The smallest absolute Gasteiger partial charge is 0.0540 e.